The van der Waals surface area contributed by atoms with Gasteiger partial charge in [0.25, 0.3) is 11.8 Å². The van der Waals surface area contributed by atoms with Gasteiger partial charge in [0, 0.05) is 11.4 Å². The Labute approximate surface area is 276 Å². The number of hydrogen-bond donors (Lipinski definition) is 2. The van der Waals surface area contributed by atoms with Crippen LogP contribution in [0.4, 0.5) is 108 Å². The predicted molar refractivity (Wildman–Crippen MR) is 127 cm³/mol. The van der Waals surface area contributed by atoms with Crippen LogP contribution in [0, 0.1) is 0 Å². The minimum atomic E-state index is -7.59. The Hall–Kier alpha value is -4.36. The maximum absolute atomic E-state index is 14.9. The van der Waals surface area contributed by atoms with Gasteiger partial charge < -0.3 is 15.4 Å². The zero-order chi connectivity index (χ0) is 41.2. The molecule has 0 unspecified atom stereocenters. The summed E-state index contributed by atoms with van der Waals surface area (Å²) in [7, 11) is 0. The highest BCUT2D eigenvalue weighted by Crippen LogP contribution is 2.71. The highest BCUT2D eigenvalue weighted by Gasteiger charge is 3.04. The van der Waals surface area contributed by atoms with Crippen molar-refractivity contribution < 1.29 is 111 Å². The van der Waals surface area contributed by atoms with Crippen LogP contribution in [-0.2, 0) is 9.59 Å². The highest BCUT2D eigenvalue weighted by atomic mass is 19.4. The summed E-state index contributed by atoms with van der Waals surface area (Å²) in [6, 6.07) is 3.71. The molecule has 0 atom stereocenters. The topological polar surface area (TPSA) is 67.4 Å². The number of benzene rings is 2. The number of carbonyl (C=O) groups excluding carboxylic acids is 2. The number of ether oxygens (including phenoxy) is 1. The average Bonchev–Trinajstić information content (AvgIpc) is 3.03. The molecule has 296 valence electrons. The molecule has 2 aromatic carbocycles. The van der Waals surface area contributed by atoms with E-state index in [1.807, 2.05) is 0 Å². The van der Waals surface area contributed by atoms with E-state index in [9.17, 15) is 106 Å². The number of nitrogens with one attached hydrogen (secondary N) is 2. The van der Waals surface area contributed by atoms with Gasteiger partial charge in [-0.15, -0.1) is 0 Å². The van der Waals surface area contributed by atoms with E-state index in [2.05, 4.69) is 0 Å². The van der Waals surface area contributed by atoms with E-state index in [0.717, 1.165) is 10.6 Å². The molecule has 0 aromatic heterocycles. The fourth-order valence-corrected chi connectivity index (χ4v) is 4.80. The lowest BCUT2D eigenvalue weighted by molar-refractivity contribution is -0.475. The Morgan fingerprint density at radius 3 is 0.736 bits per heavy atom. The van der Waals surface area contributed by atoms with Gasteiger partial charge in [-0.3, -0.25) is 9.59 Å². The first-order valence-electron chi connectivity index (χ1n) is 13.1. The standard InChI is InChI=1S/C26H10F22N2O3/c27-15(17(29,30)21(37,38)25(45,46)22(39,40)18(15,31)32)13(51)49-9-1-5-11(6-2-9)53-12-7-3-10(4-8-12)50-14(52)16(28)19(33,34)23(41,42)26(47,48)24(43,44)20(16,35)36/h1-8H,(H,49,51)(H,50,52). The zero-order valence-corrected chi connectivity index (χ0v) is 24.2. The number of amides is 2. The van der Waals surface area contributed by atoms with Gasteiger partial charge in [0.1, 0.15) is 11.5 Å². The molecule has 0 heterocycles. The van der Waals surface area contributed by atoms with Crippen LogP contribution in [0.2, 0.25) is 0 Å². The molecule has 53 heavy (non-hydrogen) atoms. The van der Waals surface area contributed by atoms with E-state index in [1.54, 1.807) is 0 Å². The quantitative estimate of drug-likeness (QED) is 0.286. The molecule has 27 heteroatoms. The van der Waals surface area contributed by atoms with Gasteiger partial charge in [0.2, 0.25) is 0 Å². The summed E-state index contributed by atoms with van der Waals surface area (Å²) in [6.45, 7) is 0. The Kier molecular flexibility index (Phi) is 8.67. The maximum Gasteiger partial charge on any atom is 0.384 e. The molecule has 2 aromatic rings. The van der Waals surface area contributed by atoms with Gasteiger partial charge in [0.05, 0.1) is 0 Å². The Balaban J connectivity index is 1.52. The van der Waals surface area contributed by atoms with E-state index in [0.29, 0.717) is 48.5 Å². The molecule has 0 saturated heterocycles. The van der Waals surface area contributed by atoms with Crippen LogP contribution in [-0.4, -0.2) is 82.4 Å². The van der Waals surface area contributed by atoms with Crippen molar-refractivity contribution in [2.75, 3.05) is 10.6 Å². The number of carbonyl (C=O) groups is 2. The molecule has 0 spiro atoms. The molecule has 2 aliphatic rings. The normalized spacial score (nSPS) is 26.8. The van der Waals surface area contributed by atoms with Crippen LogP contribution in [0.5, 0.6) is 11.5 Å². The summed E-state index contributed by atoms with van der Waals surface area (Å²) < 4.78 is 310. The first-order valence-corrected chi connectivity index (χ1v) is 13.1. The Bertz CT molecular complexity index is 1600. The third-order valence-electron chi connectivity index (χ3n) is 7.97. The molecule has 2 amide bonds. The van der Waals surface area contributed by atoms with Crippen molar-refractivity contribution in [3.63, 3.8) is 0 Å². The molecule has 4 rings (SSSR count). The lowest BCUT2D eigenvalue weighted by Crippen LogP contribution is -2.86. The molecular formula is C26H10F22N2O3. The van der Waals surface area contributed by atoms with Gasteiger partial charge in [-0.1, -0.05) is 0 Å². The molecule has 0 radical (unpaired) electrons. The number of rotatable bonds is 6. The molecule has 5 nitrogen and oxygen atoms in total. The molecular weight excluding hydrogens is 806 g/mol. The second-order valence-corrected chi connectivity index (χ2v) is 11.1. The van der Waals surface area contributed by atoms with Crippen molar-refractivity contribution >= 4 is 23.2 Å². The largest absolute Gasteiger partial charge is 0.457 e. The molecule has 0 aliphatic heterocycles. The van der Waals surface area contributed by atoms with Crippen LogP contribution in [0.3, 0.4) is 0 Å². The summed E-state index contributed by atoms with van der Waals surface area (Å²) in [5.41, 5.74) is -16.4. The lowest BCUT2D eigenvalue weighted by Gasteiger charge is -2.51. The Morgan fingerprint density at radius 1 is 0.340 bits per heavy atom. The number of alkyl halides is 22. The van der Waals surface area contributed by atoms with Gasteiger partial charge in [-0.05, 0) is 48.5 Å². The van der Waals surface area contributed by atoms with Gasteiger partial charge in [0.15, 0.2) is 0 Å². The fraction of sp³-hybridized carbons (Fsp3) is 0.462. The molecule has 2 N–H and O–H groups in total. The van der Waals surface area contributed by atoms with Crippen LogP contribution >= 0.6 is 0 Å². The van der Waals surface area contributed by atoms with Gasteiger partial charge in [-0.2, -0.15) is 87.8 Å². The maximum atomic E-state index is 14.9. The van der Waals surface area contributed by atoms with Crippen LogP contribution in [0.1, 0.15) is 0 Å². The van der Waals surface area contributed by atoms with Gasteiger partial charge in [-0.25, -0.2) is 8.78 Å². The van der Waals surface area contributed by atoms with E-state index in [-0.39, 0.29) is 0 Å². The fourth-order valence-electron chi connectivity index (χ4n) is 4.80. The summed E-state index contributed by atoms with van der Waals surface area (Å²) in [6.07, 6.45) is 0. The zero-order valence-electron chi connectivity index (χ0n) is 24.2. The number of hydrogen-bond acceptors (Lipinski definition) is 3. The van der Waals surface area contributed by atoms with Crippen molar-refractivity contribution in [1.29, 1.82) is 0 Å². The molecule has 2 fully saturated rings. The molecule has 0 bridgehead atoms. The average molecular weight is 816 g/mol. The third kappa shape index (κ3) is 4.55. The summed E-state index contributed by atoms with van der Waals surface area (Å²) in [5, 5.41) is 1.57. The second-order valence-electron chi connectivity index (χ2n) is 11.1. The predicted octanol–water partition coefficient (Wildman–Crippen LogP) is 9.15. The van der Waals surface area contributed by atoms with E-state index in [1.165, 1.54) is 0 Å². The number of halogens is 22. The number of anilines is 2. The lowest BCUT2D eigenvalue weighted by atomic mass is 9.71. The first kappa shape index (κ1) is 41.4. The Morgan fingerprint density at radius 2 is 0.528 bits per heavy atom. The van der Waals surface area contributed by atoms with Crippen molar-refractivity contribution in [2.24, 2.45) is 0 Å². The second kappa shape index (κ2) is 11.1. The monoisotopic (exact) mass is 816 g/mol. The van der Waals surface area contributed by atoms with Crippen LogP contribution < -0.4 is 15.4 Å². The SMILES string of the molecule is O=C(Nc1ccc(Oc2ccc(NC(=O)C3(F)C(F)(F)C(F)(F)C(F)(F)C(F)(F)C3(F)F)cc2)cc1)C1(F)C(F)(F)C(F)(F)C(F)(F)C(F)(F)C1(F)F. The summed E-state index contributed by atoms with van der Waals surface area (Å²) in [5.74, 6) is -83.9. The first-order chi connectivity index (χ1) is 23.4. The van der Waals surface area contributed by atoms with Gasteiger partial charge >= 0.3 is 70.6 Å². The van der Waals surface area contributed by atoms with E-state index in [4.69, 9.17) is 4.74 Å². The van der Waals surface area contributed by atoms with E-state index >= 15 is 0 Å². The summed E-state index contributed by atoms with van der Waals surface area (Å²) in [4.78, 5) is 24.1. The molecule has 2 aliphatic carbocycles. The van der Waals surface area contributed by atoms with Crippen molar-refractivity contribution in [3.05, 3.63) is 48.5 Å². The minimum Gasteiger partial charge on any atom is -0.457 e. The van der Waals surface area contributed by atoms with Crippen molar-refractivity contribution in [3.8, 4) is 11.5 Å². The highest BCUT2D eigenvalue weighted by molar-refractivity contribution is 6.00. The smallest absolute Gasteiger partial charge is 0.384 e. The summed E-state index contributed by atoms with van der Waals surface area (Å²) >= 11 is 0. The van der Waals surface area contributed by atoms with E-state index < -0.39 is 105 Å². The van der Waals surface area contributed by atoms with Crippen molar-refractivity contribution in [2.45, 2.75) is 70.6 Å². The molecule has 2 saturated carbocycles. The minimum absolute atomic E-state index is 0.371. The van der Waals surface area contributed by atoms with Crippen molar-refractivity contribution in [1.82, 2.24) is 0 Å². The van der Waals surface area contributed by atoms with Crippen LogP contribution in [0.15, 0.2) is 48.5 Å². The third-order valence-corrected chi connectivity index (χ3v) is 7.97. The van der Waals surface area contributed by atoms with Crippen LogP contribution in [0.25, 0.3) is 0 Å².